The first-order valence-corrected chi connectivity index (χ1v) is 11.2. The second-order valence-electron chi connectivity index (χ2n) is 7.33. The molecule has 0 bridgehead atoms. The topological polar surface area (TPSA) is 84.0 Å². The molecule has 0 radical (unpaired) electrons. The number of nitrogens with zero attached hydrogens (tertiary/aromatic N) is 2. The van der Waals surface area contributed by atoms with Crippen LogP contribution in [0.3, 0.4) is 0 Å². The van der Waals surface area contributed by atoms with Gasteiger partial charge in [0.2, 0.25) is 10.0 Å². The number of likely N-dealkylation sites (tertiary alicyclic amines) is 1. The molecule has 7 nitrogen and oxygen atoms in total. The zero-order valence-electron chi connectivity index (χ0n) is 15.8. The zero-order valence-corrected chi connectivity index (χ0v) is 16.6. The van der Waals surface area contributed by atoms with E-state index in [1.54, 1.807) is 23.1 Å². The number of carbonyl (C=O) groups excluding carboxylic acids is 2. The quantitative estimate of drug-likeness (QED) is 0.729. The lowest BCUT2D eigenvalue weighted by Crippen LogP contribution is -2.35. The van der Waals surface area contributed by atoms with E-state index < -0.39 is 16.0 Å². The van der Waals surface area contributed by atoms with Crippen LogP contribution in [0.5, 0.6) is 0 Å². The van der Waals surface area contributed by atoms with E-state index in [4.69, 9.17) is 4.74 Å². The van der Waals surface area contributed by atoms with Gasteiger partial charge in [0.25, 0.3) is 5.91 Å². The first kappa shape index (κ1) is 19.7. The molecule has 0 spiro atoms. The number of anilines is 1. The van der Waals surface area contributed by atoms with E-state index in [0.717, 1.165) is 31.2 Å². The van der Waals surface area contributed by atoms with Crippen LogP contribution in [0.15, 0.2) is 18.2 Å². The van der Waals surface area contributed by atoms with E-state index in [1.165, 1.54) is 10.6 Å². The van der Waals surface area contributed by atoms with Gasteiger partial charge >= 0.3 is 5.97 Å². The molecule has 1 aromatic carbocycles. The van der Waals surface area contributed by atoms with Crippen molar-refractivity contribution in [3.8, 4) is 0 Å². The van der Waals surface area contributed by atoms with Gasteiger partial charge in [0.15, 0.2) is 6.61 Å². The summed E-state index contributed by atoms with van der Waals surface area (Å²) in [6.07, 6.45) is 5.94. The maximum Gasteiger partial charge on any atom is 0.338 e. The molecule has 0 saturated carbocycles. The van der Waals surface area contributed by atoms with Crippen LogP contribution in [0.1, 0.15) is 48.5 Å². The largest absolute Gasteiger partial charge is 0.452 e. The fraction of sp³-hybridized carbons (Fsp3) is 0.579. The third-order valence-electron chi connectivity index (χ3n) is 5.11. The Bertz CT molecular complexity index is 829. The molecule has 0 aliphatic carbocycles. The number of fused-ring (bicyclic) bond motifs is 1. The van der Waals surface area contributed by atoms with E-state index in [1.807, 2.05) is 6.92 Å². The van der Waals surface area contributed by atoms with Crippen LogP contribution in [0.25, 0.3) is 0 Å². The van der Waals surface area contributed by atoms with Crippen LogP contribution < -0.4 is 4.31 Å². The molecule has 1 fully saturated rings. The third-order valence-corrected chi connectivity index (χ3v) is 6.38. The van der Waals surface area contributed by atoms with Crippen LogP contribution in [0.4, 0.5) is 5.69 Å². The van der Waals surface area contributed by atoms with Crippen LogP contribution in [-0.4, -0.2) is 57.2 Å². The van der Waals surface area contributed by atoms with Gasteiger partial charge < -0.3 is 9.64 Å². The van der Waals surface area contributed by atoms with Gasteiger partial charge in [0, 0.05) is 19.1 Å². The van der Waals surface area contributed by atoms with Gasteiger partial charge in [0.1, 0.15) is 0 Å². The summed E-state index contributed by atoms with van der Waals surface area (Å²) in [5.41, 5.74) is 1.73. The third kappa shape index (κ3) is 4.43. The summed E-state index contributed by atoms with van der Waals surface area (Å²) in [7, 11) is -3.37. The van der Waals surface area contributed by atoms with Gasteiger partial charge in [-0.25, -0.2) is 13.2 Å². The number of sulfonamides is 1. The Hall–Kier alpha value is -2.09. The molecule has 27 heavy (non-hydrogen) atoms. The second-order valence-corrected chi connectivity index (χ2v) is 9.19. The van der Waals surface area contributed by atoms with E-state index in [-0.39, 0.29) is 18.6 Å². The number of hydrogen-bond donors (Lipinski definition) is 0. The molecule has 0 aromatic heterocycles. The second kappa shape index (κ2) is 7.88. The Labute approximate surface area is 160 Å². The number of esters is 1. The van der Waals surface area contributed by atoms with Crippen LogP contribution in [-0.2, 0) is 26.0 Å². The Morgan fingerprint density at radius 1 is 1.15 bits per heavy atom. The number of carbonyl (C=O) groups is 2. The highest BCUT2D eigenvalue weighted by atomic mass is 32.2. The molecule has 148 valence electrons. The predicted molar refractivity (Wildman–Crippen MR) is 102 cm³/mol. The van der Waals surface area contributed by atoms with Crippen molar-refractivity contribution in [1.82, 2.24) is 4.90 Å². The number of hydrogen-bond acceptors (Lipinski definition) is 5. The Kier molecular flexibility index (Phi) is 5.74. The van der Waals surface area contributed by atoms with E-state index in [9.17, 15) is 18.0 Å². The van der Waals surface area contributed by atoms with Crippen molar-refractivity contribution in [2.24, 2.45) is 0 Å². The van der Waals surface area contributed by atoms with Crippen molar-refractivity contribution < 1.29 is 22.7 Å². The van der Waals surface area contributed by atoms with Gasteiger partial charge in [-0.15, -0.1) is 0 Å². The van der Waals surface area contributed by atoms with Gasteiger partial charge in [-0.3, -0.25) is 9.10 Å². The first-order chi connectivity index (χ1) is 12.8. The normalized spacial score (nSPS) is 20.1. The monoisotopic (exact) mass is 394 g/mol. The molecule has 1 aromatic rings. The van der Waals surface area contributed by atoms with Crippen LogP contribution in [0.2, 0.25) is 0 Å². The highest BCUT2D eigenvalue weighted by Crippen LogP contribution is 2.34. The maximum atomic E-state index is 12.3. The van der Waals surface area contributed by atoms with E-state index in [0.29, 0.717) is 30.8 Å². The lowest BCUT2D eigenvalue weighted by Gasteiger charge is -2.22. The van der Waals surface area contributed by atoms with Gasteiger partial charge in [-0.2, -0.15) is 0 Å². The SMILES string of the molecule is C[C@@H]1Cc2cc(C(=O)OCC(=O)N3CCCCCC3)ccc2N1S(C)(=O)=O. The van der Waals surface area contributed by atoms with Crippen molar-refractivity contribution >= 4 is 27.6 Å². The van der Waals surface area contributed by atoms with E-state index >= 15 is 0 Å². The lowest BCUT2D eigenvalue weighted by atomic mass is 10.1. The molecule has 8 heteroatoms. The minimum Gasteiger partial charge on any atom is -0.452 e. The van der Waals surface area contributed by atoms with Crippen LogP contribution >= 0.6 is 0 Å². The summed E-state index contributed by atoms with van der Waals surface area (Å²) in [5, 5.41) is 0. The van der Waals surface area contributed by atoms with Crippen LogP contribution in [0, 0.1) is 0 Å². The number of rotatable bonds is 4. The van der Waals surface area contributed by atoms with Gasteiger partial charge in [-0.1, -0.05) is 12.8 Å². The Morgan fingerprint density at radius 2 is 1.81 bits per heavy atom. The number of benzene rings is 1. The van der Waals surface area contributed by atoms with Crippen molar-refractivity contribution in [3.05, 3.63) is 29.3 Å². The molecule has 0 N–H and O–H groups in total. The summed E-state index contributed by atoms with van der Waals surface area (Å²) in [4.78, 5) is 26.3. The summed E-state index contributed by atoms with van der Waals surface area (Å²) in [5.74, 6) is -0.727. The molecule has 3 rings (SSSR count). The van der Waals surface area contributed by atoms with Gasteiger partial charge in [-0.05, 0) is 49.9 Å². The van der Waals surface area contributed by atoms with Gasteiger partial charge in [0.05, 0.1) is 17.5 Å². The average Bonchev–Trinajstić information content (AvgIpc) is 2.77. The molecule has 0 unspecified atom stereocenters. The zero-order chi connectivity index (χ0) is 19.6. The van der Waals surface area contributed by atoms with Crippen molar-refractivity contribution in [1.29, 1.82) is 0 Å². The molecule has 1 amide bonds. The summed E-state index contributed by atoms with van der Waals surface area (Å²) in [6.45, 7) is 3.00. The standard InChI is InChI=1S/C19H26N2O5S/c1-14-11-16-12-15(7-8-17(16)21(14)27(2,24)25)19(23)26-13-18(22)20-9-5-3-4-6-10-20/h7-8,12,14H,3-6,9-11,13H2,1-2H3/t14-/m1/s1. The fourth-order valence-corrected chi connectivity index (χ4v) is 5.12. The average molecular weight is 394 g/mol. The fourth-order valence-electron chi connectivity index (χ4n) is 3.86. The minimum absolute atomic E-state index is 0.164. The molecular formula is C19H26N2O5S. The van der Waals surface area contributed by atoms with Crippen molar-refractivity contribution in [3.63, 3.8) is 0 Å². The van der Waals surface area contributed by atoms with E-state index in [2.05, 4.69) is 0 Å². The molecule has 2 heterocycles. The molecule has 1 atom stereocenters. The summed E-state index contributed by atoms with van der Waals surface area (Å²) in [6, 6.07) is 4.65. The first-order valence-electron chi connectivity index (χ1n) is 9.34. The number of ether oxygens (including phenoxy) is 1. The highest BCUT2D eigenvalue weighted by Gasteiger charge is 2.33. The Morgan fingerprint density at radius 3 is 2.44 bits per heavy atom. The maximum absolute atomic E-state index is 12.3. The summed E-state index contributed by atoms with van der Waals surface area (Å²) < 4.78 is 30.5. The smallest absolute Gasteiger partial charge is 0.338 e. The summed E-state index contributed by atoms with van der Waals surface area (Å²) >= 11 is 0. The number of amides is 1. The minimum atomic E-state index is -3.37. The lowest BCUT2D eigenvalue weighted by molar-refractivity contribution is -0.134. The molecular weight excluding hydrogens is 368 g/mol. The Balaban J connectivity index is 1.65. The molecule has 2 aliphatic heterocycles. The van der Waals surface area contributed by atoms with Crippen molar-refractivity contribution in [2.45, 2.75) is 45.1 Å². The molecule has 1 saturated heterocycles. The highest BCUT2D eigenvalue weighted by molar-refractivity contribution is 7.92. The predicted octanol–water partition coefficient (Wildman–Crippen LogP) is 1.96. The molecule has 2 aliphatic rings. The van der Waals surface area contributed by atoms with Crippen molar-refractivity contribution in [2.75, 3.05) is 30.3 Å².